The normalized spacial score (nSPS) is 19.1. The van der Waals surface area contributed by atoms with Crippen molar-refractivity contribution in [3.8, 4) is 5.75 Å². The second kappa shape index (κ2) is 7.92. The minimum atomic E-state index is -0.695. The molecule has 2 aromatic carbocycles. The lowest BCUT2D eigenvalue weighted by molar-refractivity contribution is -0.143. The Balaban J connectivity index is 2.05. The predicted octanol–water partition coefficient (Wildman–Crippen LogP) is 4.20. The van der Waals surface area contributed by atoms with Crippen molar-refractivity contribution in [3.05, 3.63) is 64.7 Å². The van der Waals surface area contributed by atoms with E-state index >= 15 is 0 Å². The van der Waals surface area contributed by atoms with Crippen LogP contribution in [0.3, 0.4) is 0 Å². The highest BCUT2D eigenvalue weighted by Gasteiger charge is 2.32. The Morgan fingerprint density at radius 3 is 2.73 bits per heavy atom. The fraction of sp³-hybridized carbons (Fsp3) is 0.409. The van der Waals surface area contributed by atoms with Crippen molar-refractivity contribution < 1.29 is 14.6 Å². The lowest BCUT2D eigenvalue weighted by Gasteiger charge is -2.38. The van der Waals surface area contributed by atoms with E-state index in [9.17, 15) is 9.90 Å². The van der Waals surface area contributed by atoms with Gasteiger partial charge in [-0.1, -0.05) is 35.9 Å². The van der Waals surface area contributed by atoms with Crippen LogP contribution in [0.2, 0.25) is 0 Å². The van der Waals surface area contributed by atoms with E-state index in [4.69, 9.17) is 4.74 Å². The van der Waals surface area contributed by atoms with Gasteiger partial charge in [-0.25, -0.2) is 0 Å². The molecule has 0 spiro atoms. The second-order valence-corrected chi connectivity index (χ2v) is 7.21. The zero-order valence-corrected chi connectivity index (χ0v) is 15.7. The highest BCUT2D eigenvalue weighted by Crippen LogP contribution is 2.35. The van der Waals surface area contributed by atoms with Gasteiger partial charge in [0.25, 0.3) is 0 Å². The van der Waals surface area contributed by atoms with Crippen LogP contribution in [0, 0.1) is 19.8 Å². The van der Waals surface area contributed by atoms with Gasteiger partial charge in [0.05, 0.1) is 19.1 Å². The number of aliphatic carboxylic acids is 1. The first-order valence-electron chi connectivity index (χ1n) is 9.17. The monoisotopic (exact) mass is 353 g/mol. The molecule has 1 aliphatic heterocycles. The molecule has 4 nitrogen and oxygen atoms in total. The summed E-state index contributed by atoms with van der Waals surface area (Å²) in [5.74, 6) is -0.175. The first kappa shape index (κ1) is 18.5. The molecule has 1 fully saturated rings. The average Bonchev–Trinajstić information content (AvgIpc) is 2.64. The smallest absolute Gasteiger partial charge is 0.307 e. The number of hydrogen-bond acceptors (Lipinski definition) is 3. The number of hydrogen-bond donors (Lipinski definition) is 1. The predicted molar refractivity (Wildman–Crippen MR) is 103 cm³/mol. The maximum atomic E-state index is 11.6. The Kier molecular flexibility index (Phi) is 5.62. The van der Waals surface area contributed by atoms with E-state index in [1.807, 2.05) is 12.1 Å². The van der Waals surface area contributed by atoms with E-state index < -0.39 is 5.97 Å². The lowest BCUT2D eigenvalue weighted by Crippen LogP contribution is -2.41. The number of methoxy groups -OCH3 is 1. The summed E-state index contributed by atoms with van der Waals surface area (Å²) in [6.45, 7) is 5.70. The Morgan fingerprint density at radius 2 is 2.04 bits per heavy atom. The van der Waals surface area contributed by atoms with Gasteiger partial charge < -0.3 is 9.84 Å². The van der Waals surface area contributed by atoms with Crippen LogP contribution in [0.4, 0.5) is 0 Å². The number of carboxylic acid groups (broad SMARTS) is 1. The second-order valence-electron chi connectivity index (χ2n) is 7.21. The van der Waals surface area contributed by atoms with Gasteiger partial charge in [-0.3, -0.25) is 9.69 Å². The van der Waals surface area contributed by atoms with Crippen molar-refractivity contribution in [2.45, 2.75) is 32.7 Å². The van der Waals surface area contributed by atoms with Crippen molar-refractivity contribution in [3.63, 3.8) is 0 Å². The fourth-order valence-electron chi connectivity index (χ4n) is 3.97. The highest BCUT2D eigenvalue weighted by atomic mass is 16.5. The molecule has 2 atom stereocenters. The van der Waals surface area contributed by atoms with Crippen LogP contribution in [0.15, 0.2) is 42.5 Å². The number of likely N-dealkylation sites (tertiary alicyclic amines) is 1. The molecule has 1 saturated heterocycles. The summed E-state index contributed by atoms with van der Waals surface area (Å²) < 4.78 is 5.42. The van der Waals surface area contributed by atoms with E-state index in [1.165, 1.54) is 16.7 Å². The molecule has 0 radical (unpaired) electrons. The van der Waals surface area contributed by atoms with E-state index in [0.29, 0.717) is 6.54 Å². The largest absolute Gasteiger partial charge is 0.497 e. The summed E-state index contributed by atoms with van der Waals surface area (Å²) in [5.41, 5.74) is 4.84. The average molecular weight is 353 g/mol. The number of carbonyl (C=O) groups is 1. The Labute approximate surface area is 155 Å². The van der Waals surface area contributed by atoms with E-state index in [1.54, 1.807) is 7.11 Å². The number of piperidine rings is 1. The Bertz CT molecular complexity index is 787. The van der Waals surface area contributed by atoms with Gasteiger partial charge in [0, 0.05) is 6.54 Å². The molecule has 3 rings (SSSR count). The topological polar surface area (TPSA) is 49.8 Å². The van der Waals surface area contributed by atoms with Crippen LogP contribution in [-0.4, -0.2) is 36.2 Å². The van der Waals surface area contributed by atoms with Crippen molar-refractivity contribution in [1.82, 2.24) is 4.90 Å². The number of ether oxygens (including phenoxy) is 1. The van der Waals surface area contributed by atoms with E-state index in [-0.39, 0.29) is 12.0 Å². The van der Waals surface area contributed by atoms with Crippen molar-refractivity contribution >= 4 is 5.97 Å². The molecule has 0 aromatic heterocycles. The van der Waals surface area contributed by atoms with Gasteiger partial charge in [0.15, 0.2) is 0 Å². The first-order chi connectivity index (χ1) is 12.5. The van der Waals surface area contributed by atoms with Gasteiger partial charge in [-0.15, -0.1) is 0 Å². The number of carboxylic acids is 1. The quantitative estimate of drug-likeness (QED) is 0.875. The zero-order valence-electron chi connectivity index (χ0n) is 15.7. The molecule has 138 valence electrons. The fourth-order valence-corrected chi connectivity index (χ4v) is 3.97. The molecule has 1 aliphatic rings. The number of nitrogens with zero attached hydrogens (tertiary/aromatic N) is 1. The van der Waals surface area contributed by atoms with E-state index in [2.05, 4.69) is 49.1 Å². The van der Waals surface area contributed by atoms with Crippen LogP contribution in [0.1, 0.15) is 41.1 Å². The van der Waals surface area contributed by atoms with Crippen LogP contribution in [-0.2, 0) is 4.79 Å². The summed E-state index contributed by atoms with van der Waals surface area (Å²) in [4.78, 5) is 13.9. The molecule has 0 amide bonds. The number of benzene rings is 2. The molecule has 0 aliphatic carbocycles. The first-order valence-corrected chi connectivity index (χ1v) is 9.17. The van der Waals surface area contributed by atoms with Gasteiger partial charge in [0.2, 0.25) is 0 Å². The Hall–Kier alpha value is -2.33. The van der Waals surface area contributed by atoms with Gasteiger partial charge in [0.1, 0.15) is 5.75 Å². The summed E-state index contributed by atoms with van der Waals surface area (Å²) >= 11 is 0. The van der Waals surface area contributed by atoms with Gasteiger partial charge >= 0.3 is 5.97 Å². The Morgan fingerprint density at radius 1 is 1.23 bits per heavy atom. The minimum absolute atomic E-state index is 0.0350. The number of rotatable bonds is 5. The summed E-state index contributed by atoms with van der Waals surface area (Å²) in [6, 6.07) is 14.7. The molecule has 2 aromatic rings. The van der Waals surface area contributed by atoms with Crippen molar-refractivity contribution in [2.75, 3.05) is 20.2 Å². The third-order valence-corrected chi connectivity index (χ3v) is 5.30. The zero-order chi connectivity index (χ0) is 18.7. The molecular weight excluding hydrogens is 326 g/mol. The minimum Gasteiger partial charge on any atom is -0.497 e. The molecule has 4 heteroatoms. The molecule has 26 heavy (non-hydrogen) atoms. The van der Waals surface area contributed by atoms with Crippen LogP contribution in [0.5, 0.6) is 5.75 Å². The van der Waals surface area contributed by atoms with Crippen molar-refractivity contribution in [2.24, 2.45) is 5.92 Å². The van der Waals surface area contributed by atoms with Gasteiger partial charge in [-0.2, -0.15) is 0 Å². The molecule has 0 bridgehead atoms. The molecule has 2 unspecified atom stereocenters. The molecule has 1 heterocycles. The molecular formula is C22H27NO3. The van der Waals surface area contributed by atoms with Gasteiger partial charge in [-0.05, 0) is 62.1 Å². The summed E-state index contributed by atoms with van der Waals surface area (Å²) in [7, 11) is 1.67. The van der Waals surface area contributed by atoms with E-state index in [0.717, 1.165) is 30.7 Å². The standard InChI is InChI=1S/C22H27NO3/c1-15-9-10-20(16(2)12-15)21(17-6-4-8-19(13-17)26-3)23-11-5-7-18(14-23)22(24)25/h4,6,8-10,12-13,18,21H,5,7,11,14H2,1-3H3,(H,24,25). The maximum Gasteiger partial charge on any atom is 0.307 e. The lowest BCUT2D eigenvalue weighted by atomic mass is 9.89. The maximum absolute atomic E-state index is 11.6. The third-order valence-electron chi connectivity index (χ3n) is 5.30. The summed E-state index contributed by atoms with van der Waals surface area (Å²) in [5, 5.41) is 9.51. The third kappa shape index (κ3) is 3.91. The SMILES string of the molecule is COc1cccc(C(c2ccc(C)cc2C)N2CCCC(C(=O)O)C2)c1. The van der Waals surface area contributed by atoms with Crippen LogP contribution >= 0.6 is 0 Å². The summed E-state index contributed by atoms with van der Waals surface area (Å²) in [6.07, 6.45) is 1.66. The van der Waals surface area contributed by atoms with Crippen LogP contribution in [0.25, 0.3) is 0 Å². The van der Waals surface area contributed by atoms with Crippen LogP contribution < -0.4 is 4.74 Å². The van der Waals surface area contributed by atoms with Crippen molar-refractivity contribution in [1.29, 1.82) is 0 Å². The molecule has 0 saturated carbocycles. The molecule has 1 N–H and O–H groups in total. The highest BCUT2D eigenvalue weighted by molar-refractivity contribution is 5.70. The number of aryl methyl sites for hydroxylation is 2.